The van der Waals surface area contributed by atoms with Crippen molar-refractivity contribution < 1.29 is 13.3 Å². The quantitative estimate of drug-likeness (QED) is 0.455. The Hall–Kier alpha value is -1.03. The van der Waals surface area contributed by atoms with Crippen LogP contribution >= 0.6 is 15.9 Å². The second-order valence-corrected chi connectivity index (χ2v) is 6.47. The number of nitrogens with zero attached hydrogens (tertiary/aromatic N) is 1. The Morgan fingerprint density at radius 3 is 2.63 bits per heavy atom. The Labute approximate surface area is 119 Å². The first-order valence-corrected chi connectivity index (χ1v) is 7.71. The van der Waals surface area contributed by atoms with E-state index in [1.807, 2.05) is 0 Å². The lowest BCUT2D eigenvalue weighted by atomic mass is 10.2. The van der Waals surface area contributed by atoms with Gasteiger partial charge in [-0.25, -0.2) is 13.1 Å². The number of rotatable bonds is 6. The van der Waals surface area contributed by atoms with E-state index >= 15 is 0 Å². The van der Waals surface area contributed by atoms with Gasteiger partial charge in [0.1, 0.15) is 0 Å². The van der Waals surface area contributed by atoms with Gasteiger partial charge in [0.25, 0.3) is 5.69 Å². The fourth-order valence-corrected chi connectivity index (χ4v) is 3.10. The molecule has 0 aliphatic carbocycles. The minimum Gasteiger partial charge on any atom is -0.330 e. The summed E-state index contributed by atoms with van der Waals surface area (Å²) in [5.74, 6) is 0. The summed E-state index contributed by atoms with van der Waals surface area (Å²) in [5.41, 5.74) is 5.41. The Morgan fingerprint density at radius 1 is 1.47 bits per heavy atom. The number of nitro benzene ring substituents is 1. The molecule has 0 fully saturated rings. The van der Waals surface area contributed by atoms with Gasteiger partial charge in [-0.05, 0) is 26.0 Å². The molecule has 0 amide bonds. The van der Waals surface area contributed by atoms with Crippen LogP contribution in [0.3, 0.4) is 0 Å². The number of sulfonamides is 1. The van der Waals surface area contributed by atoms with E-state index in [-0.39, 0.29) is 17.1 Å². The Morgan fingerprint density at radius 2 is 2.11 bits per heavy atom. The topological polar surface area (TPSA) is 115 Å². The first-order chi connectivity index (χ1) is 8.79. The number of halogens is 1. The molecule has 0 aromatic heterocycles. The lowest BCUT2D eigenvalue weighted by molar-refractivity contribution is -0.385. The monoisotopic (exact) mass is 351 g/mol. The molecule has 0 aliphatic rings. The van der Waals surface area contributed by atoms with E-state index in [1.54, 1.807) is 6.92 Å². The van der Waals surface area contributed by atoms with Crippen LogP contribution in [0.4, 0.5) is 5.69 Å². The molecule has 3 N–H and O–H groups in total. The molecule has 0 spiro atoms. The van der Waals surface area contributed by atoms with E-state index in [0.717, 1.165) is 6.07 Å². The molecule has 1 aromatic carbocycles. The summed E-state index contributed by atoms with van der Waals surface area (Å²) < 4.78 is 26.6. The molecule has 0 saturated carbocycles. The zero-order valence-corrected chi connectivity index (χ0v) is 12.6. The number of nitrogens with one attached hydrogen (secondary N) is 1. The highest BCUT2D eigenvalue weighted by Gasteiger charge is 2.21. The van der Waals surface area contributed by atoms with E-state index in [2.05, 4.69) is 20.7 Å². The molecular formula is C10H14BrN3O4S. The molecule has 0 aliphatic heterocycles. The predicted octanol–water partition coefficient (Wildman–Crippen LogP) is 1.29. The fourth-order valence-electron chi connectivity index (χ4n) is 1.38. The molecule has 7 nitrogen and oxygen atoms in total. The maximum absolute atomic E-state index is 11.9. The molecule has 19 heavy (non-hydrogen) atoms. The van der Waals surface area contributed by atoms with Crippen LogP contribution in [-0.4, -0.2) is 26.4 Å². The van der Waals surface area contributed by atoms with Gasteiger partial charge in [-0.2, -0.15) is 0 Å². The maximum Gasteiger partial charge on any atom is 0.274 e. The van der Waals surface area contributed by atoms with Crippen molar-refractivity contribution in [2.45, 2.75) is 18.2 Å². The van der Waals surface area contributed by atoms with E-state index in [1.165, 1.54) is 6.07 Å². The second-order valence-electron chi connectivity index (χ2n) is 3.85. The first-order valence-electron chi connectivity index (χ1n) is 5.44. The molecule has 1 rings (SSSR count). The number of nitrogens with two attached hydrogens (primary N) is 1. The molecular weight excluding hydrogens is 338 g/mol. The van der Waals surface area contributed by atoms with Gasteiger partial charge in [0.2, 0.25) is 10.0 Å². The third-order valence-electron chi connectivity index (χ3n) is 2.47. The zero-order chi connectivity index (χ0) is 14.6. The third-order valence-corrected chi connectivity index (χ3v) is 4.73. The van der Waals surface area contributed by atoms with Crippen molar-refractivity contribution in [1.82, 2.24) is 4.72 Å². The molecule has 0 bridgehead atoms. The molecule has 1 aromatic rings. The molecule has 0 heterocycles. The Bertz CT molecular complexity index is 589. The molecule has 0 radical (unpaired) electrons. The highest BCUT2D eigenvalue weighted by molar-refractivity contribution is 9.10. The summed E-state index contributed by atoms with van der Waals surface area (Å²) in [6.45, 7) is 2.10. The van der Waals surface area contributed by atoms with Crippen molar-refractivity contribution >= 4 is 31.6 Å². The molecule has 0 saturated heterocycles. The average Bonchev–Trinajstić information content (AvgIpc) is 2.32. The van der Waals surface area contributed by atoms with Crippen LogP contribution in [-0.2, 0) is 10.0 Å². The van der Waals surface area contributed by atoms with Crippen LogP contribution in [0.1, 0.15) is 12.0 Å². The minimum atomic E-state index is -3.77. The summed E-state index contributed by atoms with van der Waals surface area (Å²) in [4.78, 5) is 10.1. The van der Waals surface area contributed by atoms with Gasteiger partial charge in [-0.1, -0.05) is 15.9 Å². The second kappa shape index (κ2) is 6.42. The van der Waals surface area contributed by atoms with Gasteiger partial charge in [0.05, 0.1) is 9.82 Å². The lowest BCUT2D eigenvalue weighted by Crippen LogP contribution is -2.26. The van der Waals surface area contributed by atoms with Gasteiger partial charge in [-0.3, -0.25) is 10.1 Å². The summed E-state index contributed by atoms with van der Waals surface area (Å²) in [5, 5.41) is 10.9. The van der Waals surface area contributed by atoms with Crippen molar-refractivity contribution in [2.24, 2.45) is 5.73 Å². The number of hydrogen-bond acceptors (Lipinski definition) is 5. The van der Waals surface area contributed by atoms with Gasteiger partial charge >= 0.3 is 0 Å². The summed E-state index contributed by atoms with van der Waals surface area (Å²) in [6, 6.07) is 2.39. The average molecular weight is 352 g/mol. The molecule has 9 heteroatoms. The summed E-state index contributed by atoms with van der Waals surface area (Å²) in [7, 11) is -3.77. The Kier molecular flexibility index (Phi) is 5.41. The number of benzene rings is 1. The van der Waals surface area contributed by atoms with Gasteiger partial charge in [0.15, 0.2) is 0 Å². The summed E-state index contributed by atoms with van der Waals surface area (Å²) >= 11 is 3.12. The summed E-state index contributed by atoms with van der Waals surface area (Å²) in [6.07, 6.45) is 0.494. The van der Waals surface area contributed by atoms with Gasteiger partial charge < -0.3 is 5.73 Å². The van der Waals surface area contributed by atoms with Crippen LogP contribution in [0.5, 0.6) is 0 Å². The molecule has 0 atom stereocenters. The van der Waals surface area contributed by atoms with Crippen molar-refractivity contribution in [3.8, 4) is 0 Å². The van der Waals surface area contributed by atoms with Crippen LogP contribution in [0.2, 0.25) is 0 Å². The molecule has 0 unspecified atom stereocenters. The van der Waals surface area contributed by atoms with Crippen molar-refractivity contribution in [3.63, 3.8) is 0 Å². The smallest absolute Gasteiger partial charge is 0.274 e. The number of nitro groups is 1. The molecule has 106 valence electrons. The van der Waals surface area contributed by atoms with Crippen LogP contribution in [0, 0.1) is 17.0 Å². The largest absolute Gasteiger partial charge is 0.330 e. The van der Waals surface area contributed by atoms with Crippen molar-refractivity contribution in [2.75, 3.05) is 13.1 Å². The van der Waals surface area contributed by atoms with Crippen molar-refractivity contribution in [1.29, 1.82) is 0 Å². The van der Waals surface area contributed by atoms with Gasteiger partial charge in [-0.15, -0.1) is 0 Å². The first kappa shape index (κ1) is 16.0. The lowest BCUT2D eigenvalue weighted by Gasteiger charge is -2.08. The normalized spacial score (nSPS) is 11.5. The highest BCUT2D eigenvalue weighted by atomic mass is 79.9. The number of hydrogen-bond donors (Lipinski definition) is 2. The van der Waals surface area contributed by atoms with Crippen molar-refractivity contribution in [3.05, 3.63) is 32.3 Å². The van der Waals surface area contributed by atoms with Gasteiger partial charge in [0, 0.05) is 22.6 Å². The van der Waals surface area contributed by atoms with E-state index in [4.69, 9.17) is 5.73 Å². The van der Waals surface area contributed by atoms with Crippen LogP contribution in [0.15, 0.2) is 21.5 Å². The van der Waals surface area contributed by atoms with Crippen LogP contribution in [0.25, 0.3) is 0 Å². The van der Waals surface area contributed by atoms with E-state index in [0.29, 0.717) is 23.0 Å². The van der Waals surface area contributed by atoms with E-state index in [9.17, 15) is 18.5 Å². The Balaban J connectivity index is 3.17. The SMILES string of the molecule is Cc1c(Br)cc(S(=O)(=O)NCCCN)cc1[N+](=O)[O-]. The van der Waals surface area contributed by atoms with Crippen LogP contribution < -0.4 is 10.5 Å². The predicted molar refractivity (Wildman–Crippen MR) is 74.4 cm³/mol. The standard InChI is InChI=1S/C10H14BrN3O4S/c1-7-9(11)5-8(6-10(7)14(15)16)19(17,18)13-4-2-3-12/h5-6,13H,2-4,12H2,1H3. The minimum absolute atomic E-state index is 0.145. The fraction of sp³-hybridized carbons (Fsp3) is 0.400. The third kappa shape index (κ3) is 3.96. The zero-order valence-electron chi connectivity index (χ0n) is 10.2. The maximum atomic E-state index is 11.9. The highest BCUT2D eigenvalue weighted by Crippen LogP contribution is 2.29. The van der Waals surface area contributed by atoms with E-state index < -0.39 is 14.9 Å².